The maximum Gasteiger partial charge on any atom is 0.341 e. The van der Waals surface area contributed by atoms with E-state index in [4.69, 9.17) is 4.74 Å². The molecule has 1 atom stereocenters. The van der Waals surface area contributed by atoms with Gasteiger partial charge in [-0.2, -0.15) is 0 Å². The van der Waals surface area contributed by atoms with Crippen molar-refractivity contribution in [2.24, 2.45) is 0 Å². The number of amides is 2. The van der Waals surface area contributed by atoms with E-state index in [1.165, 1.54) is 16.2 Å². The summed E-state index contributed by atoms with van der Waals surface area (Å²) in [5, 5.41) is 9.94. The van der Waals surface area contributed by atoms with Crippen molar-refractivity contribution >= 4 is 28.5 Å². The second kappa shape index (κ2) is 13.9. The van der Waals surface area contributed by atoms with Crippen LogP contribution in [0.2, 0.25) is 0 Å². The number of carbonyl (C=O) groups excluding carboxylic acids is 2. The zero-order valence-corrected chi connectivity index (χ0v) is 21.9. The molecule has 3 heterocycles. The Morgan fingerprint density at radius 2 is 2.03 bits per heavy atom. The fraction of sp³-hybridized carbons (Fsp3) is 0.577. The molecular formula is C26H37N5O3S. The lowest BCUT2D eigenvalue weighted by molar-refractivity contribution is 0.0323. The van der Waals surface area contributed by atoms with E-state index in [-0.39, 0.29) is 6.03 Å². The first-order valence-electron chi connectivity index (χ1n) is 12.7. The molecule has 1 fully saturated rings. The summed E-state index contributed by atoms with van der Waals surface area (Å²) in [7, 11) is 0. The van der Waals surface area contributed by atoms with Gasteiger partial charge >= 0.3 is 12.0 Å². The van der Waals surface area contributed by atoms with Gasteiger partial charge in [-0.3, -0.25) is 4.98 Å². The Bertz CT molecular complexity index is 993. The van der Waals surface area contributed by atoms with Crippen molar-refractivity contribution in [3.05, 3.63) is 46.7 Å². The number of aromatic nitrogens is 3. The van der Waals surface area contributed by atoms with Crippen LogP contribution in [0.15, 0.2) is 30.6 Å². The summed E-state index contributed by atoms with van der Waals surface area (Å²) in [5.41, 5.74) is 1.35. The normalized spacial score (nSPS) is 16.0. The number of esters is 1. The minimum atomic E-state index is -0.750. The highest BCUT2D eigenvalue weighted by Crippen LogP contribution is 2.30. The molecule has 0 N–H and O–H groups in total. The number of nitrogens with zero attached hydrogens (tertiary/aromatic N) is 5. The Labute approximate surface area is 212 Å². The zero-order chi connectivity index (χ0) is 25.0. The van der Waals surface area contributed by atoms with E-state index in [1.54, 1.807) is 17.3 Å². The monoisotopic (exact) mass is 499 g/mol. The lowest BCUT2D eigenvalue weighted by Gasteiger charge is -2.20. The number of urea groups is 1. The van der Waals surface area contributed by atoms with Gasteiger partial charge in [0.2, 0.25) is 11.4 Å². The molecule has 0 saturated carbocycles. The first-order valence-corrected chi connectivity index (χ1v) is 13.6. The van der Waals surface area contributed by atoms with E-state index < -0.39 is 12.2 Å². The third kappa shape index (κ3) is 7.34. The Hall–Kier alpha value is -2.81. The van der Waals surface area contributed by atoms with Crippen LogP contribution in [-0.4, -0.2) is 51.4 Å². The molecular weight excluding hydrogens is 462 g/mol. The minimum absolute atomic E-state index is 0.184. The number of hydrogen-bond acceptors (Lipinski definition) is 7. The molecule has 190 valence electrons. The molecule has 0 radical (unpaired) electrons. The van der Waals surface area contributed by atoms with Crippen LogP contribution < -0.4 is 4.90 Å². The topological polar surface area (TPSA) is 88.5 Å². The Kier molecular flexibility index (Phi) is 10.7. The number of allylic oxidation sites excluding steroid dienone is 2. The number of rotatable bonds is 14. The third-order valence-corrected chi connectivity index (χ3v) is 6.96. The molecule has 0 bridgehead atoms. The molecule has 2 aromatic heterocycles. The highest BCUT2D eigenvalue weighted by Gasteiger charge is 2.42. The van der Waals surface area contributed by atoms with Crippen molar-refractivity contribution in [2.75, 3.05) is 18.0 Å². The number of unbranched alkanes of at least 4 members (excludes halogenated alkanes) is 4. The van der Waals surface area contributed by atoms with E-state index >= 15 is 0 Å². The predicted octanol–water partition coefficient (Wildman–Crippen LogP) is 5.79. The zero-order valence-electron chi connectivity index (χ0n) is 21.1. The van der Waals surface area contributed by atoms with Crippen LogP contribution in [0.25, 0.3) is 0 Å². The Balaban J connectivity index is 1.77. The van der Waals surface area contributed by atoms with Crippen LogP contribution in [0.4, 0.5) is 9.93 Å². The molecule has 0 spiro atoms. The SMILES string of the molecule is CC=CCCCc1nnc(N2C(=O)N(CCCCCC)CC2OC(=O)c2cnccc2CCC)s1. The summed E-state index contributed by atoms with van der Waals surface area (Å²) in [4.78, 5) is 33.9. The average molecular weight is 500 g/mol. The van der Waals surface area contributed by atoms with Gasteiger partial charge in [-0.15, -0.1) is 10.2 Å². The Morgan fingerprint density at radius 1 is 1.17 bits per heavy atom. The van der Waals surface area contributed by atoms with Gasteiger partial charge < -0.3 is 9.64 Å². The fourth-order valence-electron chi connectivity index (χ4n) is 4.10. The van der Waals surface area contributed by atoms with E-state index in [2.05, 4.69) is 35.1 Å². The first-order chi connectivity index (χ1) is 17.1. The fourth-order valence-corrected chi connectivity index (χ4v) is 5.01. The van der Waals surface area contributed by atoms with Crippen LogP contribution in [0.3, 0.4) is 0 Å². The number of aryl methyl sites for hydroxylation is 2. The first kappa shape index (κ1) is 26.8. The van der Waals surface area contributed by atoms with Crippen LogP contribution in [0.5, 0.6) is 0 Å². The molecule has 1 unspecified atom stereocenters. The van der Waals surface area contributed by atoms with Crippen molar-refractivity contribution in [3.8, 4) is 0 Å². The van der Waals surface area contributed by atoms with Gasteiger partial charge in [0.25, 0.3) is 0 Å². The molecule has 8 nitrogen and oxygen atoms in total. The predicted molar refractivity (Wildman–Crippen MR) is 139 cm³/mol. The molecule has 0 aromatic carbocycles. The van der Waals surface area contributed by atoms with E-state index in [0.29, 0.717) is 23.8 Å². The Morgan fingerprint density at radius 3 is 2.80 bits per heavy atom. The number of pyridine rings is 1. The van der Waals surface area contributed by atoms with E-state index in [1.807, 2.05) is 19.1 Å². The molecule has 2 aromatic rings. The van der Waals surface area contributed by atoms with Gasteiger partial charge in [0.1, 0.15) is 5.01 Å². The summed E-state index contributed by atoms with van der Waals surface area (Å²) in [6.45, 7) is 7.18. The number of hydrogen-bond donors (Lipinski definition) is 0. The largest absolute Gasteiger partial charge is 0.435 e. The van der Waals surface area contributed by atoms with Crippen molar-refractivity contribution in [2.45, 2.75) is 84.8 Å². The van der Waals surface area contributed by atoms with Gasteiger partial charge in [-0.25, -0.2) is 14.5 Å². The summed E-state index contributed by atoms with van der Waals surface area (Å²) < 4.78 is 5.92. The van der Waals surface area contributed by atoms with Gasteiger partial charge in [0.05, 0.1) is 12.1 Å². The second-order valence-corrected chi connectivity index (χ2v) is 9.78. The lowest BCUT2D eigenvalue weighted by Crippen LogP contribution is -2.38. The van der Waals surface area contributed by atoms with Crippen LogP contribution >= 0.6 is 11.3 Å². The van der Waals surface area contributed by atoms with Crippen LogP contribution in [0, 0.1) is 0 Å². The number of anilines is 1. The van der Waals surface area contributed by atoms with E-state index in [9.17, 15) is 9.59 Å². The maximum atomic E-state index is 13.4. The molecule has 35 heavy (non-hydrogen) atoms. The molecule has 9 heteroatoms. The number of carbonyl (C=O) groups is 2. The summed E-state index contributed by atoms with van der Waals surface area (Å²) in [5.74, 6) is -0.465. The van der Waals surface area contributed by atoms with Gasteiger partial charge in [0, 0.05) is 25.4 Å². The maximum absolute atomic E-state index is 13.4. The van der Waals surface area contributed by atoms with Crippen molar-refractivity contribution in [3.63, 3.8) is 0 Å². The van der Waals surface area contributed by atoms with Crippen molar-refractivity contribution in [1.29, 1.82) is 0 Å². The standard InChI is InChI=1S/C26H37N5O3S/c1-4-7-9-11-14-22-28-29-25(35-22)31-23(19-30(26(31)33)17-12-10-8-5-2)34-24(32)21-18-27-16-15-20(21)13-6-3/h4,7,15-16,18,23H,5-6,8-14,17,19H2,1-3H3. The summed E-state index contributed by atoms with van der Waals surface area (Å²) in [6.07, 6.45) is 15.3. The van der Waals surface area contributed by atoms with Gasteiger partial charge in [-0.1, -0.05) is 63.0 Å². The highest BCUT2D eigenvalue weighted by atomic mass is 32.1. The van der Waals surface area contributed by atoms with Gasteiger partial charge in [-0.05, 0) is 44.2 Å². The van der Waals surface area contributed by atoms with E-state index in [0.717, 1.165) is 68.4 Å². The van der Waals surface area contributed by atoms with Crippen molar-refractivity contribution in [1.82, 2.24) is 20.1 Å². The second-order valence-electron chi connectivity index (χ2n) is 8.74. The molecule has 0 aliphatic carbocycles. The molecule has 3 rings (SSSR count). The highest BCUT2D eigenvalue weighted by molar-refractivity contribution is 7.15. The number of ether oxygens (including phenoxy) is 1. The minimum Gasteiger partial charge on any atom is -0.435 e. The molecule has 1 aliphatic heterocycles. The van der Waals surface area contributed by atoms with Crippen LogP contribution in [-0.2, 0) is 17.6 Å². The smallest absolute Gasteiger partial charge is 0.341 e. The average Bonchev–Trinajstić information content (AvgIpc) is 3.44. The summed E-state index contributed by atoms with van der Waals surface area (Å²) >= 11 is 1.39. The molecule has 1 saturated heterocycles. The van der Waals surface area contributed by atoms with Crippen LogP contribution in [0.1, 0.15) is 86.6 Å². The molecule has 2 amide bonds. The lowest BCUT2D eigenvalue weighted by atomic mass is 10.1. The van der Waals surface area contributed by atoms with Gasteiger partial charge in [0.15, 0.2) is 0 Å². The summed E-state index contributed by atoms with van der Waals surface area (Å²) in [6, 6.07) is 1.67. The third-order valence-electron chi connectivity index (χ3n) is 5.98. The molecule has 1 aliphatic rings. The van der Waals surface area contributed by atoms with Crippen molar-refractivity contribution < 1.29 is 14.3 Å². The quantitative estimate of drug-likeness (QED) is 0.186.